The van der Waals surface area contributed by atoms with E-state index in [2.05, 4.69) is 0 Å². The topological polar surface area (TPSA) is 81.3 Å². The number of hydrogen-bond donors (Lipinski definition) is 2. The Bertz CT molecular complexity index is 86.9. The minimum Gasteiger partial charge on any atom is -0.324 e. The molecule has 0 rings (SSSR count). The van der Waals surface area contributed by atoms with E-state index in [-0.39, 0.29) is 12.7 Å². The van der Waals surface area contributed by atoms with Gasteiger partial charge >= 0.3 is 7.60 Å². The first kappa shape index (κ1) is 7.11. The summed E-state index contributed by atoms with van der Waals surface area (Å²) in [7, 11) is -3.85. The summed E-state index contributed by atoms with van der Waals surface area (Å²) in [5, 5.41) is 0. The second-order valence-corrected chi connectivity index (χ2v) is 2.91. The molecule has 3 N–H and O–H groups in total. The van der Waals surface area contributed by atoms with E-state index in [1.165, 1.54) is 0 Å². The summed E-state index contributed by atoms with van der Waals surface area (Å²) in [6, 6.07) is 0. The van der Waals surface area contributed by atoms with E-state index in [0.29, 0.717) is 0 Å². The van der Waals surface area contributed by atoms with Gasteiger partial charge in [0.15, 0.2) is 0 Å². The zero-order valence-electron chi connectivity index (χ0n) is 3.66. The fourth-order valence-corrected chi connectivity index (χ4v) is 0.437. The first-order valence-electron chi connectivity index (χ1n) is 1.75. The maximum atomic E-state index is 9.81. The largest absolute Gasteiger partial charge is 0.326 e. The fourth-order valence-electron chi connectivity index (χ4n) is 0.146. The molecule has 0 aromatic heterocycles. The van der Waals surface area contributed by atoms with Gasteiger partial charge in [0.25, 0.3) is 0 Å². The molecule has 0 unspecified atom stereocenters. The molecule has 0 aromatic carbocycles. The summed E-state index contributed by atoms with van der Waals surface area (Å²) in [4.78, 5) is 16.0. The van der Waals surface area contributed by atoms with Crippen LogP contribution < -0.4 is 5.73 Å². The molecule has 0 aliphatic carbocycles. The van der Waals surface area contributed by atoms with Gasteiger partial charge in [-0.3, -0.25) is 10.3 Å². The quantitative estimate of drug-likeness (QED) is 0.484. The van der Waals surface area contributed by atoms with Gasteiger partial charge in [0.2, 0.25) is 0 Å². The Kier molecular flexibility index (Phi) is 2.46. The minimum absolute atomic E-state index is 0.204. The number of rotatable bonds is 2. The molecule has 43 valence electrons. The molecule has 5 heteroatoms. The van der Waals surface area contributed by atoms with Crippen molar-refractivity contribution < 1.29 is 14.4 Å². The molecule has 0 aliphatic heterocycles. The van der Waals surface area contributed by atoms with Crippen molar-refractivity contribution >= 4 is 7.60 Å². The standard InChI is InChI=1S/C2H7NO3P/c3-1-2-7(4,5)6/h3H,1-2H2,(H2,4,5,6). The van der Waals surface area contributed by atoms with Crippen LogP contribution >= 0.6 is 7.60 Å². The average molecular weight is 124 g/mol. The van der Waals surface area contributed by atoms with Gasteiger partial charge in [-0.15, -0.1) is 0 Å². The molecule has 0 saturated heterocycles. The molecule has 0 fully saturated rings. The van der Waals surface area contributed by atoms with Crippen LogP contribution in [0.15, 0.2) is 0 Å². The van der Waals surface area contributed by atoms with Crippen molar-refractivity contribution in [1.82, 2.24) is 5.73 Å². The van der Waals surface area contributed by atoms with E-state index >= 15 is 0 Å². The lowest BCUT2D eigenvalue weighted by Crippen LogP contribution is -1.93. The molecule has 4 nitrogen and oxygen atoms in total. The van der Waals surface area contributed by atoms with Crippen LogP contribution in [0.5, 0.6) is 0 Å². The van der Waals surface area contributed by atoms with Gasteiger partial charge in [-0.25, -0.2) is 0 Å². The van der Waals surface area contributed by atoms with Crippen LogP contribution in [-0.4, -0.2) is 22.5 Å². The third-order valence-corrected chi connectivity index (χ3v) is 1.21. The third-order valence-electron chi connectivity index (χ3n) is 0.403. The Morgan fingerprint density at radius 2 is 2.00 bits per heavy atom. The van der Waals surface area contributed by atoms with Gasteiger partial charge in [0, 0.05) is 6.54 Å². The minimum atomic E-state index is -3.85. The van der Waals surface area contributed by atoms with Crippen LogP contribution in [0, 0.1) is 0 Å². The first-order valence-corrected chi connectivity index (χ1v) is 3.55. The molecule has 0 atom stereocenters. The first-order chi connectivity index (χ1) is 3.06. The second kappa shape index (κ2) is 2.43. The lowest BCUT2D eigenvalue weighted by Gasteiger charge is -1.96. The normalized spacial score (nSPS) is 11.9. The van der Waals surface area contributed by atoms with Crippen molar-refractivity contribution in [3.8, 4) is 0 Å². The molecule has 7 heavy (non-hydrogen) atoms. The molecular weight excluding hydrogens is 117 g/mol. The van der Waals surface area contributed by atoms with Crippen molar-refractivity contribution in [3.05, 3.63) is 0 Å². The third kappa shape index (κ3) is 6.11. The van der Waals surface area contributed by atoms with Crippen LogP contribution in [0.2, 0.25) is 0 Å². The van der Waals surface area contributed by atoms with Crippen LogP contribution in [-0.2, 0) is 4.57 Å². The molecule has 0 aliphatic rings. The van der Waals surface area contributed by atoms with Gasteiger partial charge in [0.1, 0.15) is 0 Å². The predicted molar refractivity (Wildman–Crippen MR) is 24.9 cm³/mol. The Morgan fingerprint density at radius 3 is 2.00 bits per heavy atom. The maximum absolute atomic E-state index is 9.81. The monoisotopic (exact) mass is 124 g/mol. The van der Waals surface area contributed by atoms with Crippen LogP contribution in [0.4, 0.5) is 0 Å². The summed E-state index contributed by atoms with van der Waals surface area (Å²) in [5.74, 6) is 0. The molecular formula is C2H7NO3P. The summed E-state index contributed by atoms with van der Waals surface area (Å²) in [6.45, 7) is -0.204. The van der Waals surface area contributed by atoms with E-state index in [4.69, 9.17) is 15.5 Å². The highest BCUT2D eigenvalue weighted by Crippen LogP contribution is 2.32. The Balaban J connectivity index is 3.36. The molecule has 0 spiro atoms. The van der Waals surface area contributed by atoms with Crippen molar-refractivity contribution in [2.24, 2.45) is 0 Å². The molecule has 1 radical (unpaired) electrons. The summed E-state index contributed by atoms with van der Waals surface area (Å²) >= 11 is 0. The summed E-state index contributed by atoms with van der Waals surface area (Å²) in [6.07, 6.45) is -0.326. The number of hydrogen-bond acceptors (Lipinski definition) is 1. The Morgan fingerprint density at radius 1 is 1.57 bits per heavy atom. The summed E-state index contributed by atoms with van der Waals surface area (Å²) in [5.41, 5.74) is 6.37. The van der Waals surface area contributed by atoms with Crippen molar-refractivity contribution in [2.75, 3.05) is 12.7 Å². The van der Waals surface area contributed by atoms with E-state index in [1.54, 1.807) is 0 Å². The van der Waals surface area contributed by atoms with Crippen LogP contribution in [0.25, 0.3) is 0 Å². The smallest absolute Gasteiger partial charge is 0.324 e. The van der Waals surface area contributed by atoms with E-state index in [9.17, 15) is 4.57 Å². The average Bonchev–Trinajstić information content (AvgIpc) is 1.30. The van der Waals surface area contributed by atoms with Crippen LogP contribution in [0.1, 0.15) is 0 Å². The summed E-state index contributed by atoms with van der Waals surface area (Å²) < 4.78 is 9.81. The molecule has 0 amide bonds. The lowest BCUT2D eigenvalue weighted by atomic mass is 10.8. The van der Waals surface area contributed by atoms with Gasteiger partial charge in [-0.2, -0.15) is 0 Å². The zero-order valence-corrected chi connectivity index (χ0v) is 4.56. The lowest BCUT2D eigenvalue weighted by molar-refractivity contribution is 0.373. The highest BCUT2D eigenvalue weighted by molar-refractivity contribution is 7.51. The van der Waals surface area contributed by atoms with Crippen molar-refractivity contribution in [1.29, 1.82) is 0 Å². The molecule has 0 bridgehead atoms. The molecule has 0 saturated carbocycles. The van der Waals surface area contributed by atoms with Gasteiger partial charge in [-0.1, -0.05) is 0 Å². The van der Waals surface area contributed by atoms with E-state index in [0.717, 1.165) is 0 Å². The Hall–Kier alpha value is 0.110. The SMILES string of the molecule is [NH]CCP(=O)(O)O. The zero-order chi connectivity index (χ0) is 5.91. The van der Waals surface area contributed by atoms with Gasteiger partial charge in [-0.05, 0) is 0 Å². The van der Waals surface area contributed by atoms with Gasteiger partial charge in [0.05, 0.1) is 6.16 Å². The van der Waals surface area contributed by atoms with Gasteiger partial charge < -0.3 is 9.79 Å². The molecule has 0 heterocycles. The van der Waals surface area contributed by atoms with E-state index in [1.807, 2.05) is 0 Å². The van der Waals surface area contributed by atoms with Crippen molar-refractivity contribution in [2.45, 2.75) is 0 Å². The van der Waals surface area contributed by atoms with Crippen LogP contribution in [0.3, 0.4) is 0 Å². The number of nitrogens with one attached hydrogen (secondary N) is 1. The van der Waals surface area contributed by atoms with Crippen molar-refractivity contribution in [3.63, 3.8) is 0 Å². The maximum Gasteiger partial charge on any atom is 0.326 e. The second-order valence-electron chi connectivity index (χ2n) is 1.14. The fraction of sp³-hybridized carbons (Fsp3) is 1.00. The van der Waals surface area contributed by atoms with E-state index < -0.39 is 7.60 Å². The highest BCUT2D eigenvalue weighted by Gasteiger charge is 2.08. The molecule has 0 aromatic rings. The predicted octanol–water partition coefficient (Wildman–Crippen LogP) is -0.553. The highest BCUT2D eigenvalue weighted by atomic mass is 31.2. The Labute approximate surface area is 41.5 Å².